The number of nitrogens with two attached hydrogens (primary N) is 1. The summed E-state index contributed by atoms with van der Waals surface area (Å²) in [6.45, 7) is 0. The second-order valence-electron chi connectivity index (χ2n) is 6.15. The lowest BCUT2D eigenvalue weighted by Crippen LogP contribution is -2.35. The first-order chi connectivity index (χ1) is 9.78. The molecule has 2 N–H and O–H groups in total. The van der Waals surface area contributed by atoms with Gasteiger partial charge in [-0.2, -0.15) is 0 Å². The van der Waals surface area contributed by atoms with Crippen LogP contribution in [-0.2, 0) is 0 Å². The van der Waals surface area contributed by atoms with Crippen LogP contribution in [-0.4, -0.2) is 13.2 Å². The van der Waals surface area contributed by atoms with Gasteiger partial charge in [-0.05, 0) is 37.0 Å². The van der Waals surface area contributed by atoms with E-state index in [0.717, 1.165) is 23.5 Å². The molecule has 1 heterocycles. The normalized spacial score (nSPS) is 27.3. The highest BCUT2D eigenvalue weighted by Crippen LogP contribution is 2.40. The van der Waals surface area contributed by atoms with E-state index in [0.29, 0.717) is 12.0 Å². The Kier molecular flexibility index (Phi) is 4.16. The average Bonchev–Trinajstić information content (AvgIpc) is 2.76. The quantitative estimate of drug-likeness (QED) is 0.835. The van der Waals surface area contributed by atoms with Crippen LogP contribution >= 0.6 is 0 Å². The first-order valence-corrected chi connectivity index (χ1v) is 7.88. The van der Waals surface area contributed by atoms with Crippen molar-refractivity contribution in [3.63, 3.8) is 0 Å². The van der Waals surface area contributed by atoms with Gasteiger partial charge in [-0.25, -0.2) is 0 Å². The topological polar surface area (TPSA) is 44.5 Å². The van der Waals surface area contributed by atoms with E-state index in [4.69, 9.17) is 15.2 Å². The van der Waals surface area contributed by atoms with E-state index in [-0.39, 0.29) is 6.04 Å². The van der Waals surface area contributed by atoms with Crippen LogP contribution in [0, 0.1) is 5.92 Å². The Morgan fingerprint density at radius 1 is 1.15 bits per heavy atom. The Hall–Kier alpha value is -1.22. The average molecular weight is 275 g/mol. The second kappa shape index (κ2) is 6.04. The minimum atomic E-state index is 0.0714. The summed E-state index contributed by atoms with van der Waals surface area (Å²) in [6.07, 6.45) is 9.26. The van der Waals surface area contributed by atoms with Crippen LogP contribution in [0.25, 0.3) is 0 Å². The highest BCUT2D eigenvalue weighted by atomic mass is 16.5. The fraction of sp³-hybridized carbons (Fsp3) is 0.647. The Bertz CT molecular complexity index is 452. The fourth-order valence-electron chi connectivity index (χ4n) is 3.61. The summed E-state index contributed by atoms with van der Waals surface area (Å²) in [7, 11) is 1.69. The van der Waals surface area contributed by atoms with Gasteiger partial charge in [-0.15, -0.1) is 0 Å². The van der Waals surface area contributed by atoms with Crippen LogP contribution in [0.1, 0.15) is 56.6 Å². The summed E-state index contributed by atoms with van der Waals surface area (Å²) in [5.41, 5.74) is 7.46. The molecule has 0 amide bonds. The number of hydrogen-bond acceptors (Lipinski definition) is 3. The van der Waals surface area contributed by atoms with E-state index in [9.17, 15) is 0 Å². The second-order valence-corrected chi connectivity index (χ2v) is 6.15. The molecule has 20 heavy (non-hydrogen) atoms. The fourth-order valence-corrected chi connectivity index (χ4v) is 3.61. The van der Waals surface area contributed by atoms with E-state index in [1.54, 1.807) is 7.11 Å². The predicted molar refractivity (Wildman–Crippen MR) is 80.1 cm³/mol. The maximum absolute atomic E-state index is 6.37. The Labute approximate surface area is 121 Å². The van der Waals surface area contributed by atoms with E-state index in [2.05, 4.69) is 0 Å². The van der Waals surface area contributed by atoms with Crippen molar-refractivity contribution >= 4 is 0 Å². The van der Waals surface area contributed by atoms with Gasteiger partial charge in [0.25, 0.3) is 0 Å². The van der Waals surface area contributed by atoms with Crippen molar-refractivity contribution in [2.75, 3.05) is 7.11 Å². The van der Waals surface area contributed by atoms with Crippen molar-refractivity contribution in [1.82, 2.24) is 0 Å². The Morgan fingerprint density at radius 2 is 1.90 bits per heavy atom. The third kappa shape index (κ3) is 2.78. The molecule has 1 aromatic rings. The number of fused-ring (bicyclic) bond motifs is 1. The van der Waals surface area contributed by atoms with Gasteiger partial charge in [0.2, 0.25) is 0 Å². The molecule has 110 valence electrons. The van der Waals surface area contributed by atoms with Crippen molar-refractivity contribution in [2.24, 2.45) is 11.7 Å². The molecule has 3 heteroatoms. The molecule has 1 aliphatic carbocycles. The maximum atomic E-state index is 6.37. The van der Waals surface area contributed by atoms with Gasteiger partial charge in [-0.3, -0.25) is 0 Å². The standard InChI is InChI=1S/C17H25NO2/c1-19-13-8-9-16-14(10-13)15(18)11-17(20-16)12-6-4-2-3-5-7-12/h8-10,12,15,17H,2-7,11,18H2,1H3/t15-,17?/m0/s1. The van der Waals surface area contributed by atoms with Crippen molar-refractivity contribution in [3.8, 4) is 11.5 Å². The highest BCUT2D eigenvalue weighted by Gasteiger charge is 2.32. The van der Waals surface area contributed by atoms with Gasteiger partial charge in [0.05, 0.1) is 7.11 Å². The monoisotopic (exact) mass is 275 g/mol. The smallest absolute Gasteiger partial charge is 0.124 e. The summed E-state index contributed by atoms with van der Waals surface area (Å²) < 4.78 is 11.5. The number of methoxy groups -OCH3 is 1. The van der Waals surface area contributed by atoms with E-state index < -0.39 is 0 Å². The summed E-state index contributed by atoms with van der Waals surface area (Å²) in [5.74, 6) is 2.49. The largest absolute Gasteiger partial charge is 0.497 e. The number of ether oxygens (including phenoxy) is 2. The molecule has 1 aromatic carbocycles. The summed E-state index contributed by atoms with van der Waals surface area (Å²) in [5, 5.41) is 0. The van der Waals surface area contributed by atoms with E-state index in [1.807, 2.05) is 18.2 Å². The number of rotatable bonds is 2. The van der Waals surface area contributed by atoms with Gasteiger partial charge >= 0.3 is 0 Å². The van der Waals surface area contributed by atoms with Crippen LogP contribution < -0.4 is 15.2 Å². The third-order valence-corrected chi connectivity index (χ3v) is 4.81. The lowest BCUT2D eigenvalue weighted by atomic mass is 9.86. The first kappa shape index (κ1) is 13.7. The summed E-state index contributed by atoms with van der Waals surface area (Å²) in [4.78, 5) is 0. The van der Waals surface area contributed by atoms with Gasteiger partial charge in [0.15, 0.2) is 0 Å². The molecule has 1 aliphatic heterocycles. The van der Waals surface area contributed by atoms with E-state index in [1.165, 1.54) is 38.5 Å². The lowest BCUT2D eigenvalue weighted by molar-refractivity contribution is 0.0904. The minimum absolute atomic E-state index is 0.0714. The van der Waals surface area contributed by atoms with Gasteiger partial charge in [-0.1, -0.05) is 25.7 Å². The first-order valence-electron chi connectivity index (χ1n) is 7.88. The molecule has 3 rings (SSSR count). The maximum Gasteiger partial charge on any atom is 0.124 e. The zero-order valence-electron chi connectivity index (χ0n) is 12.3. The van der Waals surface area contributed by atoms with Crippen molar-refractivity contribution in [3.05, 3.63) is 23.8 Å². The van der Waals surface area contributed by atoms with Crippen LogP contribution in [0.2, 0.25) is 0 Å². The third-order valence-electron chi connectivity index (χ3n) is 4.81. The lowest BCUT2D eigenvalue weighted by Gasteiger charge is -2.35. The van der Waals surface area contributed by atoms with Crippen molar-refractivity contribution in [1.29, 1.82) is 0 Å². The van der Waals surface area contributed by atoms with Crippen LogP contribution in [0.3, 0.4) is 0 Å². The molecule has 3 nitrogen and oxygen atoms in total. The van der Waals surface area contributed by atoms with Crippen molar-refractivity contribution < 1.29 is 9.47 Å². The summed E-state index contributed by atoms with van der Waals surface area (Å²) >= 11 is 0. The molecule has 2 atom stereocenters. The van der Waals surface area contributed by atoms with E-state index >= 15 is 0 Å². The predicted octanol–water partition coefficient (Wildman–Crippen LogP) is 3.82. The van der Waals surface area contributed by atoms with Crippen LogP contribution in [0.15, 0.2) is 18.2 Å². The molecule has 1 saturated carbocycles. The minimum Gasteiger partial charge on any atom is -0.497 e. The number of hydrogen-bond donors (Lipinski definition) is 1. The highest BCUT2D eigenvalue weighted by molar-refractivity contribution is 5.43. The molecule has 1 fully saturated rings. The Balaban J connectivity index is 1.77. The summed E-state index contributed by atoms with van der Waals surface area (Å²) in [6, 6.07) is 6.06. The van der Waals surface area contributed by atoms with Crippen LogP contribution in [0.5, 0.6) is 11.5 Å². The van der Waals surface area contributed by atoms with Crippen LogP contribution in [0.4, 0.5) is 0 Å². The van der Waals surface area contributed by atoms with Gasteiger partial charge in [0.1, 0.15) is 17.6 Å². The molecule has 0 saturated heterocycles. The van der Waals surface area contributed by atoms with Crippen molar-refractivity contribution in [2.45, 2.75) is 57.1 Å². The SMILES string of the molecule is COc1ccc2c(c1)[C@@H](N)CC(C1CCCCCC1)O2. The zero-order valence-corrected chi connectivity index (χ0v) is 12.3. The molecule has 0 radical (unpaired) electrons. The molecule has 1 unspecified atom stereocenters. The Morgan fingerprint density at radius 3 is 2.60 bits per heavy atom. The van der Waals surface area contributed by atoms with Gasteiger partial charge < -0.3 is 15.2 Å². The molecule has 0 spiro atoms. The molecular formula is C17H25NO2. The zero-order chi connectivity index (χ0) is 13.9. The molecule has 0 aromatic heterocycles. The molecule has 0 bridgehead atoms. The van der Waals surface area contributed by atoms with Gasteiger partial charge in [0, 0.05) is 18.0 Å². The molecular weight excluding hydrogens is 250 g/mol. The molecule has 2 aliphatic rings. The number of benzene rings is 1.